The Balaban J connectivity index is 2.00. The standard InChI is InChI=1S/C16H15F2N/c17-12-6-7-14(18)13(10-12)15(19)16(8-9-16)11-4-2-1-3-5-11/h1-7,10,15H,8-9,19H2. The normalized spacial score (nSPS) is 18.1. The lowest BCUT2D eigenvalue weighted by atomic mass is 9.84. The highest BCUT2D eigenvalue weighted by molar-refractivity contribution is 5.38. The Bertz CT molecular complexity index is 591. The molecule has 0 amide bonds. The van der Waals surface area contributed by atoms with Crippen LogP contribution in [0, 0.1) is 11.6 Å². The fraction of sp³-hybridized carbons (Fsp3) is 0.250. The molecule has 98 valence electrons. The monoisotopic (exact) mass is 259 g/mol. The second-order valence-corrected chi connectivity index (χ2v) is 5.17. The SMILES string of the molecule is NC(c1cc(F)ccc1F)C1(c2ccccc2)CC1. The van der Waals surface area contributed by atoms with Crippen LogP contribution in [-0.4, -0.2) is 0 Å². The van der Waals surface area contributed by atoms with Crippen molar-refractivity contribution in [3.63, 3.8) is 0 Å². The Morgan fingerprint density at radius 1 is 1.00 bits per heavy atom. The lowest BCUT2D eigenvalue weighted by Gasteiger charge is -2.24. The molecule has 1 nitrogen and oxygen atoms in total. The number of hydrogen-bond acceptors (Lipinski definition) is 1. The Morgan fingerprint density at radius 3 is 2.32 bits per heavy atom. The smallest absolute Gasteiger partial charge is 0.128 e. The summed E-state index contributed by atoms with van der Waals surface area (Å²) < 4.78 is 27.1. The van der Waals surface area contributed by atoms with Crippen molar-refractivity contribution in [2.24, 2.45) is 5.73 Å². The summed E-state index contributed by atoms with van der Waals surface area (Å²) in [5.41, 5.74) is 7.36. The van der Waals surface area contributed by atoms with Crippen LogP contribution in [0.25, 0.3) is 0 Å². The van der Waals surface area contributed by atoms with E-state index in [0.717, 1.165) is 30.5 Å². The predicted molar refractivity (Wildman–Crippen MR) is 70.6 cm³/mol. The molecule has 0 saturated heterocycles. The molecule has 0 radical (unpaired) electrons. The summed E-state index contributed by atoms with van der Waals surface area (Å²) in [5.74, 6) is -0.883. The molecule has 1 fully saturated rings. The lowest BCUT2D eigenvalue weighted by molar-refractivity contribution is 0.497. The molecule has 2 aromatic rings. The molecule has 0 bridgehead atoms. The molecule has 2 aromatic carbocycles. The molecular weight excluding hydrogens is 244 g/mol. The molecule has 1 aliphatic carbocycles. The maximum atomic E-state index is 13.8. The van der Waals surface area contributed by atoms with E-state index in [2.05, 4.69) is 0 Å². The van der Waals surface area contributed by atoms with E-state index in [0.29, 0.717) is 0 Å². The first kappa shape index (κ1) is 12.3. The average molecular weight is 259 g/mol. The van der Waals surface area contributed by atoms with Crippen LogP contribution in [0.1, 0.15) is 30.0 Å². The van der Waals surface area contributed by atoms with E-state index < -0.39 is 17.7 Å². The molecule has 3 heteroatoms. The van der Waals surface area contributed by atoms with Crippen LogP contribution in [0.3, 0.4) is 0 Å². The van der Waals surface area contributed by atoms with Crippen molar-refractivity contribution in [2.75, 3.05) is 0 Å². The number of hydrogen-bond donors (Lipinski definition) is 1. The van der Waals surface area contributed by atoms with Gasteiger partial charge in [-0.2, -0.15) is 0 Å². The molecule has 0 spiro atoms. The van der Waals surface area contributed by atoms with Crippen molar-refractivity contribution in [1.82, 2.24) is 0 Å². The summed E-state index contributed by atoms with van der Waals surface area (Å²) in [5, 5.41) is 0. The average Bonchev–Trinajstić information content (AvgIpc) is 3.23. The summed E-state index contributed by atoms with van der Waals surface area (Å²) in [6.07, 6.45) is 1.82. The van der Waals surface area contributed by atoms with Gasteiger partial charge in [0.05, 0.1) is 0 Å². The Kier molecular flexibility index (Phi) is 2.86. The van der Waals surface area contributed by atoms with Crippen LogP contribution in [0.2, 0.25) is 0 Å². The first-order valence-electron chi connectivity index (χ1n) is 6.39. The molecular formula is C16H15F2N. The zero-order chi connectivity index (χ0) is 13.5. The maximum Gasteiger partial charge on any atom is 0.128 e. The van der Waals surface area contributed by atoms with E-state index >= 15 is 0 Å². The van der Waals surface area contributed by atoms with Gasteiger partial charge in [0.1, 0.15) is 11.6 Å². The van der Waals surface area contributed by atoms with Crippen LogP contribution in [-0.2, 0) is 5.41 Å². The van der Waals surface area contributed by atoms with Gasteiger partial charge in [0, 0.05) is 17.0 Å². The lowest BCUT2D eigenvalue weighted by Crippen LogP contribution is -2.27. The highest BCUT2D eigenvalue weighted by Crippen LogP contribution is 2.55. The summed E-state index contributed by atoms with van der Waals surface area (Å²) in [4.78, 5) is 0. The van der Waals surface area contributed by atoms with Crippen LogP contribution >= 0.6 is 0 Å². The van der Waals surface area contributed by atoms with E-state index in [1.54, 1.807) is 0 Å². The Hall–Kier alpha value is -1.74. The topological polar surface area (TPSA) is 26.0 Å². The van der Waals surface area contributed by atoms with Crippen molar-refractivity contribution in [2.45, 2.75) is 24.3 Å². The highest BCUT2D eigenvalue weighted by Gasteiger charge is 2.50. The van der Waals surface area contributed by atoms with E-state index in [9.17, 15) is 8.78 Å². The summed E-state index contributed by atoms with van der Waals surface area (Å²) in [6, 6.07) is 12.8. The minimum Gasteiger partial charge on any atom is -0.323 e. The second kappa shape index (κ2) is 4.42. The number of benzene rings is 2. The molecule has 3 rings (SSSR count). The Morgan fingerprint density at radius 2 is 1.68 bits per heavy atom. The third-order valence-electron chi connectivity index (χ3n) is 4.03. The molecule has 0 aliphatic heterocycles. The van der Waals surface area contributed by atoms with Gasteiger partial charge >= 0.3 is 0 Å². The van der Waals surface area contributed by atoms with Crippen molar-refractivity contribution >= 4 is 0 Å². The van der Waals surface area contributed by atoms with E-state index in [1.165, 1.54) is 6.07 Å². The predicted octanol–water partition coefficient (Wildman–Crippen LogP) is 3.70. The minimum atomic E-state index is -0.509. The Labute approximate surface area is 111 Å². The van der Waals surface area contributed by atoms with Gasteiger partial charge in [-0.05, 0) is 36.6 Å². The summed E-state index contributed by atoms with van der Waals surface area (Å²) in [6.45, 7) is 0. The third kappa shape index (κ3) is 2.04. The maximum absolute atomic E-state index is 13.8. The second-order valence-electron chi connectivity index (χ2n) is 5.17. The molecule has 0 aromatic heterocycles. The number of rotatable bonds is 3. The highest BCUT2D eigenvalue weighted by atomic mass is 19.1. The van der Waals surface area contributed by atoms with Crippen LogP contribution in [0.15, 0.2) is 48.5 Å². The van der Waals surface area contributed by atoms with Gasteiger partial charge in [0.2, 0.25) is 0 Å². The fourth-order valence-electron chi connectivity index (χ4n) is 2.73. The van der Waals surface area contributed by atoms with E-state index in [1.807, 2.05) is 30.3 Å². The van der Waals surface area contributed by atoms with E-state index in [4.69, 9.17) is 5.73 Å². The minimum absolute atomic E-state index is 0.240. The van der Waals surface area contributed by atoms with Gasteiger partial charge < -0.3 is 5.73 Å². The van der Waals surface area contributed by atoms with Gasteiger partial charge in [0.25, 0.3) is 0 Å². The van der Waals surface area contributed by atoms with Gasteiger partial charge in [-0.15, -0.1) is 0 Å². The zero-order valence-corrected chi connectivity index (χ0v) is 10.4. The van der Waals surface area contributed by atoms with Crippen molar-refractivity contribution < 1.29 is 8.78 Å². The summed E-state index contributed by atoms with van der Waals surface area (Å²) >= 11 is 0. The third-order valence-corrected chi connectivity index (χ3v) is 4.03. The van der Waals surface area contributed by atoms with E-state index in [-0.39, 0.29) is 11.0 Å². The van der Waals surface area contributed by atoms with Crippen LogP contribution < -0.4 is 5.73 Å². The van der Waals surface area contributed by atoms with Gasteiger partial charge in [-0.3, -0.25) is 0 Å². The quantitative estimate of drug-likeness (QED) is 0.893. The molecule has 2 N–H and O–H groups in total. The largest absolute Gasteiger partial charge is 0.323 e. The van der Waals surface area contributed by atoms with Crippen molar-refractivity contribution in [1.29, 1.82) is 0 Å². The van der Waals surface area contributed by atoms with Gasteiger partial charge in [-0.25, -0.2) is 8.78 Å². The number of halogens is 2. The van der Waals surface area contributed by atoms with Crippen LogP contribution in [0.5, 0.6) is 0 Å². The molecule has 1 aliphatic rings. The fourth-order valence-corrected chi connectivity index (χ4v) is 2.73. The summed E-state index contributed by atoms with van der Waals surface area (Å²) in [7, 11) is 0. The zero-order valence-electron chi connectivity index (χ0n) is 10.4. The van der Waals surface area contributed by atoms with Crippen molar-refractivity contribution in [3.05, 3.63) is 71.3 Å². The first-order valence-corrected chi connectivity index (χ1v) is 6.39. The molecule has 1 saturated carbocycles. The van der Waals surface area contributed by atoms with Crippen molar-refractivity contribution in [3.8, 4) is 0 Å². The van der Waals surface area contributed by atoms with Crippen LogP contribution in [0.4, 0.5) is 8.78 Å². The molecule has 1 unspecified atom stereocenters. The first-order chi connectivity index (χ1) is 9.13. The molecule has 0 heterocycles. The van der Waals surface area contributed by atoms with Gasteiger partial charge in [-0.1, -0.05) is 30.3 Å². The number of nitrogens with two attached hydrogens (primary N) is 1. The van der Waals surface area contributed by atoms with Gasteiger partial charge in [0.15, 0.2) is 0 Å². The molecule has 1 atom stereocenters. The molecule has 19 heavy (non-hydrogen) atoms.